The van der Waals surface area contributed by atoms with Gasteiger partial charge in [-0.2, -0.15) is 0 Å². The highest BCUT2D eigenvalue weighted by Gasteiger charge is 2.37. The highest BCUT2D eigenvalue weighted by molar-refractivity contribution is 5.49. The van der Waals surface area contributed by atoms with Crippen LogP contribution in [0.15, 0.2) is 18.2 Å². The number of hydrogen-bond donors (Lipinski definition) is 2. The van der Waals surface area contributed by atoms with Crippen molar-refractivity contribution in [2.24, 2.45) is 5.73 Å². The molecule has 0 heterocycles. The second kappa shape index (κ2) is 2.92. The molecule has 1 saturated carbocycles. The Labute approximate surface area is 77.1 Å². The third kappa shape index (κ3) is 1.35. The first kappa shape index (κ1) is 8.38. The number of aromatic hydroxyl groups is 1. The van der Waals surface area contributed by atoms with Crippen LogP contribution in [-0.4, -0.2) is 18.3 Å². The molecular formula is C10H13NO2. The third-order valence-corrected chi connectivity index (χ3v) is 2.49. The molecule has 1 aromatic carbocycles. The summed E-state index contributed by atoms with van der Waals surface area (Å²) >= 11 is 0. The first-order chi connectivity index (χ1) is 6.24. The molecule has 0 amide bonds. The number of methoxy groups -OCH3 is 1. The highest BCUT2D eigenvalue weighted by Crippen LogP contribution is 2.45. The summed E-state index contributed by atoms with van der Waals surface area (Å²) < 4.78 is 5.01. The molecule has 2 atom stereocenters. The van der Waals surface area contributed by atoms with Crippen LogP contribution in [0.2, 0.25) is 0 Å². The Bertz CT molecular complexity index is 325. The maximum atomic E-state index is 9.74. The van der Waals surface area contributed by atoms with Crippen LogP contribution < -0.4 is 10.5 Å². The lowest BCUT2D eigenvalue weighted by Gasteiger charge is -2.07. The molecule has 1 fully saturated rings. The van der Waals surface area contributed by atoms with Gasteiger partial charge in [0.1, 0.15) is 0 Å². The smallest absolute Gasteiger partial charge is 0.161 e. The van der Waals surface area contributed by atoms with E-state index in [1.165, 1.54) is 0 Å². The van der Waals surface area contributed by atoms with Gasteiger partial charge in [0.15, 0.2) is 11.5 Å². The minimum Gasteiger partial charge on any atom is -0.504 e. The van der Waals surface area contributed by atoms with Crippen LogP contribution in [0.4, 0.5) is 0 Å². The average Bonchev–Trinajstić information content (AvgIpc) is 2.83. The normalized spacial score (nSPS) is 25.7. The molecule has 0 saturated heterocycles. The Morgan fingerprint density at radius 1 is 1.54 bits per heavy atom. The molecule has 1 aliphatic rings. The van der Waals surface area contributed by atoms with Crippen molar-refractivity contribution in [3.8, 4) is 11.5 Å². The van der Waals surface area contributed by atoms with Gasteiger partial charge in [-0.15, -0.1) is 0 Å². The van der Waals surface area contributed by atoms with Crippen molar-refractivity contribution in [2.75, 3.05) is 7.11 Å². The Hall–Kier alpha value is -1.22. The Kier molecular flexibility index (Phi) is 1.88. The number of benzene rings is 1. The summed E-state index contributed by atoms with van der Waals surface area (Å²) in [4.78, 5) is 0. The zero-order valence-corrected chi connectivity index (χ0v) is 7.53. The van der Waals surface area contributed by atoms with Crippen molar-refractivity contribution >= 4 is 0 Å². The number of phenolic OH excluding ortho intramolecular Hbond substituents is 1. The fraction of sp³-hybridized carbons (Fsp3) is 0.400. The van der Waals surface area contributed by atoms with Gasteiger partial charge in [-0.3, -0.25) is 0 Å². The summed E-state index contributed by atoms with van der Waals surface area (Å²) in [7, 11) is 1.55. The van der Waals surface area contributed by atoms with E-state index in [0.29, 0.717) is 11.7 Å². The van der Waals surface area contributed by atoms with Gasteiger partial charge in [-0.25, -0.2) is 0 Å². The lowest BCUT2D eigenvalue weighted by atomic mass is 10.1. The SMILES string of the molecule is COc1cccc(C2CC2N)c1O. The summed E-state index contributed by atoms with van der Waals surface area (Å²) in [6.45, 7) is 0. The van der Waals surface area contributed by atoms with Crippen LogP contribution in [0.3, 0.4) is 0 Å². The van der Waals surface area contributed by atoms with E-state index < -0.39 is 0 Å². The maximum absolute atomic E-state index is 9.74. The minimum atomic E-state index is 0.206. The van der Waals surface area contributed by atoms with E-state index in [0.717, 1.165) is 12.0 Å². The van der Waals surface area contributed by atoms with Gasteiger partial charge >= 0.3 is 0 Å². The number of phenols is 1. The van der Waals surface area contributed by atoms with Gasteiger partial charge in [0.05, 0.1) is 7.11 Å². The summed E-state index contributed by atoms with van der Waals surface area (Å²) in [5.41, 5.74) is 6.62. The summed E-state index contributed by atoms with van der Waals surface area (Å²) in [5, 5.41) is 9.74. The van der Waals surface area contributed by atoms with Crippen LogP contribution in [0.25, 0.3) is 0 Å². The van der Waals surface area contributed by atoms with Crippen molar-refractivity contribution in [1.29, 1.82) is 0 Å². The predicted molar refractivity (Wildman–Crippen MR) is 50.0 cm³/mol. The monoisotopic (exact) mass is 179 g/mol. The first-order valence-electron chi connectivity index (χ1n) is 4.35. The van der Waals surface area contributed by atoms with Crippen LogP contribution >= 0.6 is 0 Å². The van der Waals surface area contributed by atoms with Crippen LogP contribution in [-0.2, 0) is 0 Å². The van der Waals surface area contributed by atoms with Crippen molar-refractivity contribution in [3.63, 3.8) is 0 Å². The van der Waals surface area contributed by atoms with Gasteiger partial charge in [-0.05, 0) is 12.5 Å². The molecule has 2 unspecified atom stereocenters. The quantitative estimate of drug-likeness (QED) is 0.717. The van der Waals surface area contributed by atoms with E-state index in [4.69, 9.17) is 10.5 Å². The second-order valence-corrected chi connectivity index (χ2v) is 3.40. The molecule has 3 heteroatoms. The largest absolute Gasteiger partial charge is 0.504 e. The van der Waals surface area contributed by atoms with Gasteiger partial charge < -0.3 is 15.6 Å². The van der Waals surface area contributed by atoms with Crippen molar-refractivity contribution in [3.05, 3.63) is 23.8 Å². The molecule has 0 aliphatic heterocycles. The highest BCUT2D eigenvalue weighted by atomic mass is 16.5. The third-order valence-electron chi connectivity index (χ3n) is 2.49. The Balaban J connectivity index is 2.35. The summed E-state index contributed by atoms with van der Waals surface area (Å²) in [5.74, 6) is 1.08. The minimum absolute atomic E-state index is 0.206. The van der Waals surface area contributed by atoms with Gasteiger partial charge in [0.25, 0.3) is 0 Å². The lowest BCUT2D eigenvalue weighted by Crippen LogP contribution is -2.01. The van der Waals surface area contributed by atoms with Crippen LogP contribution in [0.5, 0.6) is 11.5 Å². The maximum Gasteiger partial charge on any atom is 0.161 e. The lowest BCUT2D eigenvalue weighted by molar-refractivity contribution is 0.370. The molecule has 1 aliphatic carbocycles. The Morgan fingerprint density at radius 3 is 2.77 bits per heavy atom. The van der Waals surface area contributed by atoms with Gasteiger partial charge in [-0.1, -0.05) is 12.1 Å². The van der Waals surface area contributed by atoms with Crippen LogP contribution in [0.1, 0.15) is 17.9 Å². The zero-order valence-electron chi connectivity index (χ0n) is 7.53. The molecular weight excluding hydrogens is 166 g/mol. The van der Waals surface area contributed by atoms with E-state index in [9.17, 15) is 5.11 Å². The van der Waals surface area contributed by atoms with Crippen molar-refractivity contribution in [2.45, 2.75) is 18.4 Å². The molecule has 3 N–H and O–H groups in total. The van der Waals surface area contributed by atoms with Crippen molar-refractivity contribution < 1.29 is 9.84 Å². The van der Waals surface area contributed by atoms with Gasteiger partial charge in [0.2, 0.25) is 0 Å². The standard InChI is InChI=1S/C10H13NO2/c1-13-9-4-2-3-6(10(9)12)7-5-8(7)11/h2-4,7-8,12H,5,11H2,1H3. The number of nitrogens with two attached hydrogens (primary N) is 1. The molecule has 1 aromatic rings. The van der Waals surface area contributed by atoms with E-state index in [-0.39, 0.29) is 11.8 Å². The molecule has 0 bridgehead atoms. The second-order valence-electron chi connectivity index (χ2n) is 3.40. The topological polar surface area (TPSA) is 55.5 Å². The molecule has 0 spiro atoms. The van der Waals surface area contributed by atoms with Crippen molar-refractivity contribution in [1.82, 2.24) is 0 Å². The van der Waals surface area contributed by atoms with E-state index in [2.05, 4.69) is 0 Å². The number of ether oxygens (including phenoxy) is 1. The molecule has 0 radical (unpaired) electrons. The molecule has 0 aromatic heterocycles. The van der Waals surface area contributed by atoms with E-state index >= 15 is 0 Å². The van der Waals surface area contributed by atoms with Gasteiger partial charge in [0, 0.05) is 17.5 Å². The number of hydrogen-bond acceptors (Lipinski definition) is 3. The summed E-state index contributed by atoms with van der Waals surface area (Å²) in [6, 6.07) is 5.72. The Morgan fingerprint density at radius 2 is 2.23 bits per heavy atom. The average molecular weight is 179 g/mol. The van der Waals surface area contributed by atoms with E-state index in [1.54, 1.807) is 13.2 Å². The first-order valence-corrected chi connectivity index (χ1v) is 4.35. The predicted octanol–water partition coefficient (Wildman–Crippen LogP) is 1.22. The molecule has 70 valence electrons. The molecule has 13 heavy (non-hydrogen) atoms. The number of rotatable bonds is 2. The number of para-hydroxylation sites is 1. The molecule has 2 rings (SSSR count). The van der Waals surface area contributed by atoms with Crippen LogP contribution in [0, 0.1) is 0 Å². The zero-order chi connectivity index (χ0) is 9.42. The molecule has 3 nitrogen and oxygen atoms in total. The van der Waals surface area contributed by atoms with E-state index in [1.807, 2.05) is 12.1 Å². The summed E-state index contributed by atoms with van der Waals surface area (Å²) in [6.07, 6.45) is 0.959. The fourth-order valence-corrected chi connectivity index (χ4v) is 1.58. The fourth-order valence-electron chi connectivity index (χ4n) is 1.58.